The van der Waals surface area contributed by atoms with Gasteiger partial charge in [0, 0.05) is 6.04 Å². The second-order valence-electron chi connectivity index (χ2n) is 4.40. The van der Waals surface area contributed by atoms with Gasteiger partial charge in [-0.15, -0.1) is 0 Å². The molecule has 0 spiro atoms. The number of carbonyl (C=O) groups excluding carboxylic acids is 1. The summed E-state index contributed by atoms with van der Waals surface area (Å²) in [5, 5.41) is 3.30. The summed E-state index contributed by atoms with van der Waals surface area (Å²) in [7, 11) is 1.41. The molecule has 0 aliphatic heterocycles. The second-order valence-corrected chi connectivity index (χ2v) is 4.40. The van der Waals surface area contributed by atoms with Crippen LogP contribution in [-0.4, -0.2) is 25.7 Å². The van der Waals surface area contributed by atoms with E-state index in [0.717, 1.165) is 24.2 Å². The first-order chi connectivity index (χ1) is 8.74. The molecule has 1 aromatic carbocycles. The van der Waals surface area contributed by atoms with Crippen molar-refractivity contribution >= 4 is 5.97 Å². The van der Waals surface area contributed by atoms with Gasteiger partial charge in [0.15, 0.2) is 0 Å². The van der Waals surface area contributed by atoms with Gasteiger partial charge in [-0.1, -0.05) is 12.1 Å². The van der Waals surface area contributed by atoms with Crippen molar-refractivity contribution in [3.05, 3.63) is 29.8 Å². The summed E-state index contributed by atoms with van der Waals surface area (Å²) in [4.78, 5) is 11.8. The molecule has 1 fully saturated rings. The molecule has 0 radical (unpaired) electrons. The highest BCUT2D eigenvalue weighted by Gasteiger charge is 2.30. The van der Waals surface area contributed by atoms with Crippen molar-refractivity contribution in [1.29, 1.82) is 0 Å². The van der Waals surface area contributed by atoms with Gasteiger partial charge in [-0.2, -0.15) is 0 Å². The van der Waals surface area contributed by atoms with Gasteiger partial charge < -0.3 is 9.47 Å². The lowest BCUT2D eigenvalue weighted by Gasteiger charge is -2.17. The Balaban J connectivity index is 2.17. The average molecular weight is 249 g/mol. The first kappa shape index (κ1) is 12.9. The van der Waals surface area contributed by atoms with E-state index >= 15 is 0 Å². The van der Waals surface area contributed by atoms with E-state index in [1.54, 1.807) is 0 Å². The van der Waals surface area contributed by atoms with Gasteiger partial charge in [-0.25, -0.2) is 4.79 Å². The van der Waals surface area contributed by atoms with Gasteiger partial charge in [0.2, 0.25) is 0 Å². The highest BCUT2D eigenvalue weighted by atomic mass is 16.5. The molecular formula is C14H19NO3. The summed E-state index contributed by atoms with van der Waals surface area (Å²) in [5.74, 6) is 0.525. The maximum atomic E-state index is 11.8. The van der Waals surface area contributed by atoms with E-state index in [1.165, 1.54) is 7.11 Å². The van der Waals surface area contributed by atoms with E-state index < -0.39 is 6.04 Å². The van der Waals surface area contributed by atoms with Crippen molar-refractivity contribution in [2.24, 2.45) is 0 Å². The van der Waals surface area contributed by atoms with Crippen LogP contribution >= 0.6 is 0 Å². The third-order valence-electron chi connectivity index (χ3n) is 2.92. The molecule has 18 heavy (non-hydrogen) atoms. The van der Waals surface area contributed by atoms with E-state index in [4.69, 9.17) is 9.47 Å². The smallest absolute Gasteiger partial charge is 0.327 e. The zero-order chi connectivity index (χ0) is 13.0. The van der Waals surface area contributed by atoms with Crippen LogP contribution < -0.4 is 10.1 Å². The standard InChI is InChI=1S/C14H19NO3/c1-3-18-12-6-4-5-10(9-12)13(14(16)17-2)15-11-7-8-11/h4-6,9,11,13,15H,3,7-8H2,1-2H3. The van der Waals surface area contributed by atoms with Crippen LogP contribution in [0.25, 0.3) is 0 Å². The monoisotopic (exact) mass is 249 g/mol. The fourth-order valence-corrected chi connectivity index (χ4v) is 1.85. The van der Waals surface area contributed by atoms with Crippen LogP contribution in [0.15, 0.2) is 24.3 Å². The average Bonchev–Trinajstić information content (AvgIpc) is 3.20. The minimum absolute atomic E-state index is 0.254. The van der Waals surface area contributed by atoms with Crippen LogP contribution in [0.4, 0.5) is 0 Å². The molecule has 1 aliphatic carbocycles. The molecule has 0 saturated heterocycles. The Morgan fingerprint density at radius 3 is 2.89 bits per heavy atom. The largest absolute Gasteiger partial charge is 0.494 e. The van der Waals surface area contributed by atoms with Crippen molar-refractivity contribution in [3.63, 3.8) is 0 Å². The summed E-state index contributed by atoms with van der Waals surface area (Å²) in [6.45, 7) is 2.55. The predicted molar refractivity (Wildman–Crippen MR) is 68.5 cm³/mol. The summed E-state index contributed by atoms with van der Waals surface area (Å²) in [6, 6.07) is 7.62. The molecule has 0 heterocycles. The Bertz CT molecular complexity index is 415. The Morgan fingerprint density at radius 2 is 2.28 bits per heavy atom. The Kier molecular flexibility index (Phi) is 4.20. The summed E-state index contributed by atoms with van der Waals surface area (Å²) >= 11 is 0. The van der Waals surface area contributed by atoms with E-state index in [2.05, 4.69) is 5.32 Å². The minimum Gasteiger partial charge on any atom is -0.494 e. The molecule has 1 aliphatic rings. The number of methoxy groups -OCH3 is 1. The number of carbonyl (C=O) groups is 1. The van der Waals surface area contributed by atoms with Crippen molar-refractivity contribution in [3.8, 4) is 5.75 Å². The van der Waals surface area contributed by atoms with Gasteiger partial charge in [0.05, 0.1) is 13.7 Å². The molecule has 1 N–H and O–H groups in total. The summed E-state index contributed by atoms with van der Waals surface area (Å²) < 4.78 is 10.3. The molecule has 1 saturated carbocycles. The van der Waals surface area contributed by atoms with E-state index in [0.29, 0.717) is 12.6 Å². The number of hydrogen-bond acceptors (Lipinski definition) is 4. The molecule has 0 amide bonds. The van der Waals surface area contributed by atoms with Gasteiger partial charge in [-0.05, 0) is 37.5 Å². The molecule has 98 valence electrons. The highest BCUT2D eigenvalue weighted by molar-refractivity contribution is 5.77. The maximum Gasteiger partial charge on any atom is 0.327 e. The normalized spacial score (nSPS) is 16.1. The number of esters is 1. The fourth-order valence-electron chi connectivity index (χ4n) is 1.85. The molecule has 0 aromatic heterocycles. The maximum absolute atomic E-state index is 11.8. The molecule has 1 atom stereocenters. The van der Waals surface area contributed by atoms with Crippen molar-refractivity contribution in [2.45, 2.75) is 31.8 Å². The number of benzene rings is 1. The van der Waals surface area contributed by atoms with Crippen molar-refractivity contribution in [2.75, 3.05) is 13.7 Å². The molecular weight excluding hydrogens is 230 g/mol. The first-order valence-corrected chi connectivity index (χ1v) is 6.31. The van der Waals surface area contributed by atoms with Crippen LogP contribution in [0, 0.1) is 0 Å². The quantitative estimate of drug-likeness (QED) is 0.784. The molecule has 1 aromatic rings. The van der Waals surface area contributed by atoms with Crippen molar-refractivity contribution in [1.82, 2.24) is 5.32 Å². The third kappa shape index (κ3) is 3.23. The van der Waals surface area contributed by atoms with Crippen LogP contribution in [0.5, 0.6) is 5.75 Å². The van der Waals surface area contributed by atoms with E-state index in [-0.39, 0.29) is 5.97 Å². The lowest BCUT2D eigenvalue weighted by atomic mass is 10.1. The number of nitrogens with one attached hydrogen (secondary N) is 1. The molecule has 0 bridgehead atoms. The van der Waals surface area contributed by atoms with E-state index in [1.807, 2.05) is 31.2 Å². The summed E-state index contributed by atoms with van der Waals surface area (Å²) in [6.07, 6.45) is 2.25. The van der Waals surface area contributed by atoms with Gasteiger partial charge in [0.1, 0.15) is 11.8 Å². The summed E-state index contributed by atoms with van der Waals surface area (Å²) in [5.41, 5.74) is 0.889. The molecule has 4 nitrogen and oxygen atoms in total. The topological polar surface area (TPSA) is 47.6 Å². The molecule has 2 rings (SSSR count). The second kappa shape index (κ2) is 5.87. The molecule has 4 heteroatoms. The Morgan fingerprint density at radius 1 is 1.50 bits per heavy atom. The number of hydrogen-bond donors (Lipinski definition) is 1. The highest BCUT2D eigenvalue weighted by Crippen LogP contribution is 2.26. The van der Waals surface area contributed by atoms with Crippen LogP contribution in [0.2, 0.25) is 0 Å². The van der Waals surface area contributed by atoms with Crippen molar-refractivity contribution < 1.29 is 14.3 Å². The molecule has 1 unspecified atom stereocenters. The van der Waals surface area contributed by atoms with Crippen LogP contribution in [-0.2, 0) is 9.53 Å². The van der Waals surface area contributed by atoms with Crippen LogP contribution in [0.1, 0.15) is 31.4 Å². The zero-order valence-electron chi connectivity index (χ0n) is 10.8. The Hall–Kier alpha value is -1.55. The predicted octanol–water partition coefficient (Wildman–Crippen LogP) is 2.05. The number of ether oxygens (including phenoxy) is 2. The van der Waals surface area contributed by atoms with E-state index in [9.17, 15) is 4.79 Å². The van der Waals surface area contributed by atoms with Gasteiger partial charge >= 0.3 is 5.97 Å². The zero-order valence-corrected chi connectivity index (χ0v) is 10.8. The lowest BCUT2D eigenvalue weighted by molar-refractivity contribution is -0.143. The SMILES string of the molecule is CCOc1cccc(C(NC2CC2)C(=O)OC)c1. The Labute approximate surface area is 107 Å². The first-order valence-electron chi connectivity index (χ1n) is 6.31. The fraction of sp³-hybridized carbons (Fsp3) is 0.500. The van der Waals surface area contributed by atoms with Crippen LogP contribution in [0.3, 0.4) is 0 Å². The van der Waals surface area contributed by atoms with Gasteiger partial charge in [-0.3, -0.25) is 5.32 Å². The lowest BCUT2D eigenvalue weighted by Crippen LogP contribution is -2.31. The van der Waals surface area contributed by atoms with Gasteiger partial charge in [0.25, 0.3) is 0 Å². The number of rotatable bonds is 6. The minimum atomic E-state index is -0.400. The third-order valence-corrected chi connectivity index (χ3v) is 2.92.